The number of amides is 12. The number of aliphatic hydroxyl groups is 1. The Morgan fingerprint density at radius 2 is 1.37 bits per heavy atom. The Hall–Kier alpha value is -9.48. The van der Waals surface area contributed by atoms with Crippen LogP contribution in [0, 0.1) is 29.6 Å². The normalized spacial score (nSPS) is 17.0. The number of urea groups is 1. The van der Waals surface area contributed by atoms with Crippen molar-refractivity contribution in [1.29, 1.82) is 0 Å². The lowest BCUT2D eigenvalue weighted by Gasteiger charge is -2.41. The molecular formula is C71H102N12O17. The Labute approximate surface area is 584 Å². The molecule has 3 aromatic carbocycles. The van der Waals surface area contributed by atoms with Crippen molar-refractivity contribution in [3.8, 4) is 0 Å². The minimum atomic E-state index is -1.27. The lowest BCUT2D eigenvalue weighted by molar-refractivity contribution is -0.148. The van der Waals surface area contributed by atoms with Crippen LogP contribution in [-0.4, -0.2) is 199 Å². The number of likely N-dealkylation sites (tertiary alicyclic amines) is 1. The number of nitrogens with two attached hydrogens (primary N) is 1. The topological polar surface area (TPSA) is 396 Å². The molecule has 12 atom stereocenters. The number of carbonyl (C=O) groups excluding carboxylic acids is 11. The summed E-state index contributed by atoms with van der Waals surface area (Å²) in [6.07, 6.45) is 0.717. The molecule has 548 valence electrons. The number of carbonyl (C=O) groups is 12. The molecule has 1 unspecified atom stereocenters. The van der Waals surface area contributed by atoms with E-state index in [1.807, 2.05) is 32.0 Å². The van der Waals surface area contributed by atoms with Crippen LogP contribution in [0.25, 0.3) is 0 Å². The van der Waals surface area contributed by atoms with Gasteiger partial charge in [-0.2, -0.15) is 0 Å². The Morgan fingerprint density at radius 1 is 0.730 bits per heavy atom. The average molecular weight is 1400 g/mol. The van der Waals surface area contributed by atoms with Crippen LogP contribution in [0.15, 0.2) is 84.9 Å². The molecule has 0 spiro atoms. The van der Waals surface area contributed by atoms with Gasteiger partial charge in [0.25, 0.3) is 17.7 Å². The molecule has 0 saturated carbocycles. The van der Waals surface area contributed by atoms with E-state index in [0.717, 1.165) is 22.0 Å². The molecule has 2 aliphatic rings. The first-order valence-electron chi connectivity index (χ1n) is 33.8. The minimum Gasteiger partial charge on any atom is -0.480 e. The number of benzene rings is 3. The van der Waals surface area contributed by atoms with Crippen molar-refractivity contribution in [3.05, 3.63) is 102 Å². The van der Waals surface area contributed by atoms with Crippen molar-refractivity contribution >= 4 is 88.3 Å². The van der Waals surface area contributed by atoms with Gasteiger partial charge in [-0.25, -0.2) is 14.5 Å². The van der Waals surface area contributed by atoms with Crippen LogP contribution in [0.3, 0.4) is 0 Å². The van der Waals surface area contributed by atoms with Gasteiger partial charge in [0.2, 0.25) is 35.4 Å². The van der Waals surface area contributed by atoms with Gasteiger partial charge in [-0.05, 0) is 97.7 Å². The monoisotopic (exact) mass is 1390 g/mol. The Kier molecular flexibility index (Phi) is 31.0. The quantitative estimate of drug-likeness (QED) is 0.0273. The summed E-state index contributed by atoms with van der Waals surface area (Å²) in [6, 6.07) is 11.9. The van der Waals surface area contributed by atoms with Crippen molar-refractivity contribution in [3.63, 3.8) is 0 Å². The molecule has 29 heteroatoms. The first kappa shape index (κ1) is 81.2. The Bertz CT molecular complexity index is 3370. The van der Waals surface area contributed by atoms with Gasteiger partial charge in [-0.15, -0.1) is 0 Å². The SMILES string of the molecule is CC[C@H](C)[C@H]([C@@H](CC(=O)N1CCC[C@H]1[C@@H](OC)[C@@H](C)C(=O)N[C@@H](C)[C@H](O)c1ccccc1)OC)N(C)C(=O)[C@@H](NC(=O)[C@@H](C(C)C)N(C)C(=O)OCc1ccc(NC(=O)[C@H](CCCNC(N)=O)NC(=O)C(NC(=O)c2ccc(N3C(=O)C=CC3=O)c(NCC(=O)O)c2)C(C)C)cc1)C(C)C. The molecule has 1 fully saturated rings. The van der Waals surface area contributed by atoms with Gasteiger partial charge in [0.1, 0.15) is 37.3 Å². The van der Waals surface area contributed by atoms with Crippen LogP contribution in [0.5, 0.6) is 0 Å². The highest BCUT2D eigenvalue weighted by Crippen LogP contribution is 2.32. The third-order valence-corrected chi connectivity index (χ3v) is 18.2. The van der Waals surface area contributed by atoms with E-state index < -0.39 is 150 Å². The van der Waals surface area contributed by atoms with Gasteiger partial charge in [-0.1, -0.05) is 111 Å². The number of likely N-dealkylation sites (N-methyl/N-ethyl adjacent to an activating group) is 2. The molecule has 0 bridgehead atoms. The van der Waals surface area contributed by atoms with E-state index in [9.17, 15) is 67.7 Å². The van der Waals surface area contributed by atoms with E-state index in [1.54, 1.807) is 91.6 Å². The number of aliphatic hydroxyl groups excluding tert-OH is 1. The van der Waals surface area contributed by atoms with Crippen LogP contribution in [0.1, 0.15) is 135 Å². The summed E-state index contributed by atoms with van der Waals surface area (Å²) >= 11 is 0. The molecule has 5 rings (SSSR count). The molecule has 11 N–H and O–H groups in total. The molecule has 0 radical (unpaired) electrons. The van der Waals surface area contributed by atoms with Gasteiger partial charge in [0.05, 0.1) is 60.2 Å². The van der Waals surface area contributed by atoms with E-state index in [-0.39, 0.29) is 72.8 Å². The number of aliphatic carboxylic acids is 1. The van der Waals surface area contributed by atoms with Crippen molar-refractivity contribution in [1.82, 2.24) is 41.3 Å². The molecule has 29 nitrogen and oxygen atoms in total. The maximum atomic E-state index is 14.8. The molecule has 1 saturated heterocycles. The Morgan fingerprint density at radius 3 is 1.94 bits per heavy atom. The predicted molar refractivity (Wildman–Crippen MR) is 373 cm³/mol. The fourth-order valence-electron chi connectivity index (χ4n) is 12.5. The summed E-state index contributed by atoms with van der Waals surface area (Å²) in [5.74, 6) is -8.86. The Balaban J connectivity index is 1.22. The number of carboxylic acid groups (broad SMARTS) is 1. The fourth-order valence-corrected chi connectivity index (χ4v) is 12.5. The maximum absolute atomic E-state index is 14.8. The number of ether oxygens (including phenoxy) is 3. The zero-order valence-electron chi connectivity index (χ0n) is 59.7. The number of nitrogens with zero attached hydrogens (tertiary/aromatic N) is 4. The minimum absolute atomic E-state index is 0.00786. The summed E-state index contributed by atoms with van der Waals surface area (Å²) in [4.78, 5) is 166. The zero-order valence-corrected chi connectivity index (χ0v) is 59.7. The highest BCUT2D eigenvalue weighted by atomic mass is 16.6. The standard InChI is InChI=1S/C71H102N12O17/c1-15-42(8)61(53(98-13)36-56(86)82-34-20-24-52(82)63(99-14)43(9)64(90)75-44(10)62(89)46-21-17-16-18-22-46)80(11)69(95)59(40(4)5)79-68(94)60(41(6)7)81(12)71(97)100-38-45-25-28-48(29-26-45)76-66(92)49(23-19-33-73-70(72)96)77-67(93)58(39(2)3)78-65(91)47-27-30-51(50(35-47)74-37-57(87)88)83-54(84)31-32-55(83)85/h16-18,21-22,25-32,35,39-44,49,52-53,58-63,74,89H,15,19-20,23-24,33-34,36-38H2,1-14H3,(H,75,90)(H,76,92)(H,77,93)(H,78,91)(H,79,94)(H,87,88)(H3,72,73,96)/t42-,43+,44-,49-,52-,53+,58?,59-,60+,61+,62-,63-/m0/s1. The van der Waals surface area contributed by atoms with Gasteiger partial charge in [0, 0.05) is 64.8 Å². The molecule has 12 amide bonds. The predicted octanol–water partition coefficient (Wildman–Crippen LogP) is 4.83. The lowest BCUT2D eigenvalue weighted by atomic mass is 9.89. The first-order valence-corrected chi connectivity index (χ1v) is 33.8. The number of methoxy groups -OCH3 is 2. The molecule has 2 heterocycles. The molecule has 3 aromatic rings. The van der Waals surface area contributed by atoms with Crippen LogP contribution in [0.2, 0.25) is 0 Å². The highest BCUT2D eigenvalue weighted by Gasteiger charge is 2.44. The number of carboxylic acids is 1. The van der Waals surface area contributed by atoms with Crippen LogP contribution >= 0.6 is 0 Å². The van der Waals surface area contributed by atoms with Gasteiger partial charge in [-0.3, -0.25) is 52.8 Å². The second-order valence-corrected chi connectivity index (χ2v) is 26.5. The highest BCUT2D eigenvalue weighted by molar-refractivity contribution is 6.29. The van der Waals surface area contributed by atoms with Gasteiger partial charge in [0.15, 0.2) is 0 Å². The summed E-state index contributed by atoms with van der Waals surface area (Å²) in [7, 11) is 6.03. The summed E-state index contributed by atoms with van der Waals surface area (Å²) in [5, 5.41) is 39.3. The number of rotatable bonds is 37. The molecule has 0 aliphatic carbocycles. The number of imide groups is 1. The van der Waals surface area contributed by atoms with Crippen molar-refractivity contribution in [2.24, 2.45) is 35.3 Å². The molecule has 100 heavy (non-hydrogen) atoms. The van der Waals surface area contributed by atoms with Gasteiger partial charge >= 0.3 is 18.1 Å². The fraction of sp³-hybridized carbons (Fsp3) is 0.549. The summed E-state index contributed by atoms with van der Waals surface area (Å²) in [6.45, 7) is 17.3. The first-order chi connectivity index (χ1) is 47.3. The van der Waals surface area contributed by atoms with Gasteiger partial charge < -0.3 is 77.2 Å². The molecule has 0 aromatic heterocycles. The number of primary amides is 1. The molecular weight excluding hydrogens is 1290 g/mol. The van der Waals surface area contributed by atoms with Crippen molar-refractivity contribution in [2.45, 2.75) is 175 Å². The van der Waals surface area contributed by atoms with E-state index >= 15 is 0 Å². The average Bonchev–Trinajstić information content (AvgIpc) is 1.44. The van der Waals surface area contributed by atoms with Crippen LogP contribution < -0.4 is 47.9 Å². The van der Waals surface area contributed by atoms with E-state index in [4.69, 9.17) is 19.9 Å². The smallest absolute Gasteiger partial charge is 0.410 e. The summed E-state index contributed by atoms with van der Waals surface area (Å²) < 4.78 is 17.7. The van der Waals surface area contributed by atoms with Crippen LogP contribution in [-0.2, 0) is 64.0 Å². The van der Waals surface area contributed by atoms with Crippen molar-refractivity contribution < 1.29 is 82.0 Å². The lowest BCUT2D eigenvalue weighted by Crippen LogP contribution is -2.60. The zero-order chi connectivity index (χ0) is 74.4. The largest absolute Gasteiger partial charge is 0.480 e. The van der Waals surface area contributed by atoms with E-state index in [0.29, 0.717) is 36.9 Å². The summed E-state index contributed by atoms with van der Waals surface area (Å²) in [5.41, 5.74) is 6.57. The number of hydrogen-bond acceptors (Lipinski definition) is 17. The second-order valence-electron chi connectivity index (χ2n) is 26.5. The van der Waals surface area contributed by atoms with Crippen LogP contribution in [0.4, 0.5) is 26.7 Å². The number of hydrogen-bond donors (Lipinski definition) is 10. The van der Waals surface area contributed by atoms with E-state index in [2.05, 4.69) is 37.2 Å². The third-order valence-electron chi connectivity index (χ3n) is 18.2. The number of anilines is 3. The number of nitrogens with one attached hydrogen (secondary N) is 7. The maximum Gasteiger partial charge on any atom is 0.410 e. The second kappa shape index (κ2) is 38.2. The third kappa shape index (κ3) is 22.0. The van der Waals surface area contributed by atoms with Crippen molar-refractivity contribution in [2.75, 3.05) is 63.5 Å². The molecule has 2 aliphatic heterocycles. The van der Waals surface area contributed by atoms with E-state index in [1.165, 1.54) is 56.5 Å².